The molecule has 0 saturated heterocycles. The van der Waals surface area contributed by atoms with Crippen LogP contribution in [0.1, 0.15) is 39.8 Å². The molecule has 0 fully saturated rings. The lowest BCUT2D eigenvalue weighted by Crippen LogP contribution is -2.28. The molecule has 114 valence electrons. The van der Waals surface area contributed by atoms with Crippen molar-refractivity contribution in [2.45, 2.75) is 33.9 Å². The Hall–Kier alpha value is -2.18. The third-order valence-electron chi connectivity index (χ3n) is 3.46. The van der Waals surface area contributed by atoms with Crippen LogP contribution in [0.25, 0.3) is 0 Å². The third-order valence-corrected chi connectivity index (χ3v) is 3.46. The van der Waals surface area contributed by atoms with E-state index < -0.39 is 6.55 Å². The molecule has 1 amide bonds. The molecule has 5 nitrogen and oxygen atoms in total. The molecule has 21 heavy (non-hydrogen) atoms. The quantitative estimate of drug-likeness (QED) is 0.871. The van der Waals surface area contributed by atoms with Gasteiger partial charge in [0.15, 0.2) is 0 Å². The molecular formula is C14H17F2N3O2. The Morgan fingerprint density at radius 1 is 1.38 bits per heavy atom. The van der Waals surface area contributed by atoms with Crippen LogP contribution in [0.15, 0.2) is 16.8 Å². The maximum absolute atomic E-state index is 12.8. The number of rotatable bonds is 4. The number of furan rings is 1. The highest BCUT2D eigenvalue weighted by Gasteiger charge is 2.23. The van der Waals surface area contributed by atoms with E-state index in [4.69, 9.17) is 4.42 Å². The van der Waals surface area contributed by atoms with E-state index in [0.717, 1.165) is 10.1 Å². The van der Waals surface area contributed by atoms with Gasteiger partial charge in [-0.15, -0.1) is 0 Å². The molecule has 7 heteroatoms. The van der Waals surface area contributed by atoms with E-state index in [9.17, 15) is 13.6 Å². The summed E-state index contributed by atoms with van der Waals surface area (Å²) in [4.78, 5) is 17.7. The molecule has 0 radical (unpaired) electrons. The van der Waals surface area contributed by atoms with Crippen molar-refractivity contribution in [2.75, 3.05) is 7.05 Å². The maximum atomic E-state index is 12.8. The predicted octanol–water partition coefficient (Wildman–Crippen LogP) is 3.07. The lowest BCUT2D eigenvalue weighted by molar-refractivity contribution is 0.0612. The minimum absolute atomic E-state index is 0.000713. The molecule has 2 rings (SSSR count). The summed E-state index contributed by atoms with van der Waals surface area (Å²) < 4.78 is 31.7. The van der Waals surface area contributed by atoms with E-state index in [1.165, 1.54) is 17.3 Å². The first-order valence-corrected chi connectivity index (χ1v) is 6.44. The fourth-order valence-corrected chi connectivity index (χ4v) is 2.23. The molecule has 0 aliphatic carbocycles. The summed E-state index contributed by atoms with van der Waals surface area (Å²) in [5.74, 6) is 1.07. The molecule has 0 spiro atoms. The Balaban J connectivity index is 2.22. The Morgan fingerprint density at radius 2 is 2.05 bits per heavy atom. The van der Waals surface area contributed by atoms with E-state index in [1.54, 1.807) is 27.8 Å². The van der Waals surface area contributed by atoms with Crippen LogP contribution in [0.4, 0.5) is 8.78 Å². The first kappa shape index (κ1) is 15.2. The summed E-state index contributed by atoms with van der Waals surface area (Å²) in [7, 11) is 1.55. The Bertz CT molecular complexity index is 661. The van der Waals surface area contributed by atoms with Gasteiger partial charge in [-0.05, 0) is 20.8 Å². The Kier molecular flexibility index (Phi) is 4.11. The molecule has 0 atom stereocenters. The first-order chi connectivity index (χ1) is 9.82. The van der Waals surface area contributed by atoms with E-state index in [1.807, 2.05) is 0 Å². The molecule has 0 bridgehead atoms. The number of alkyl halides is 2. The summed E-state index contributed by atoms with van der Waals surface area (Å²) in [6.07, 6.45) is 2.48. The van der Waals surface area contributed by atoms with E-state index in [0.29, 0.717) is 17.1 Å². The van der Waals surface area contributed by atoms with Gasteiger partial charge < -0.3 is 9.32 Å². The number of halogens is 2. The summed E-state index contributed by atoms with van der Waals surface area (Å²) in [6.45, 7) is 2.61. The number of amides is 1. The number of hydrogen-bond donors (Lipinski definition) is 0. The second-order valence-corrected chi connectivity index (χ2v) is 4.90. The fraction of sp³-hybridized carbons (Fsp3) is 0.429. The van der Waals surface area contributed by atoms with E-state index >= 15 is 0 Å². The first-order valence-electron chi connectivity index (χ1n) is 6.44. The van der Waals surface area contributed by atoms with Crippen molar-refractivity contribution in [3.05, 3.63) is 40.9 Å². The molecule has 2 aromatic rings. The van der Waals surface area contributed by atoms with Gasteiger partial charge in [0, 0.05) is 25.0 Å². The molecule has 2 aromatic heterocycles. The molecular weight excluding hydrogens is 280 g/mol. The fourth-order valence-electron chi connectivity index (χ4n) is 2.23. The minimum Gasteiger partial charge on any atom is -0.466 e. The summed E-state index contributed by atoms with van der Waals surface area (Å²) in [6, 6.07) is 0. The van der Waals surface area contributed by atoms with E-state index in [-0.39, 0.29) is 18.3 Å². The summed E-state index contributed by atoms with van der Waals surface area (Å²) >= 11 is 0. The van der Waals surface area contributed by atoms with Crippen LogP contribution in [0, 0.1) is 20.8 Å². The van der Waals surface area contributed by atoms with Crippen LogP contribution in [-0.4, -0.2) is 27.4 Å². The molecule has 0 aromatic carbocycles. The van der Waals surface area contributed by atoms with Crippen LogP contribution in [-0.2, 0) is 6.54 Å². The summed E-state index contributed by atoms with van der Waals surface area (Å²) in [5.41, 5.74) is 1.24. The average molecular weight is 297 g/mol. The highest BCUT2D eigenvalue weighted by atomic mass is 19.3. The lowest BCUT2D eigenvalue weighted by Gasteiger charge is -2.17. The van der Waals surface area contributed by atoms with Gasteiger partial charge in [-0.1, -0.05) is 0 Å². The molecule has 0 aliphatic rings. The number of aryl methyl sites for hydroxylation is 2. The number of aromatic nitrogens is 2. The van der Waals surface area contributed by atoms with Gasteiger partial charge in [0.05, 0.1) is 12.1 Å². The molecule has 0 saturated carbocycles. The SMILES string of the molecule is Cc1oc(C)c(C(=O)N(C)Cc2nccn2C(F)F)c1C. The van der Waals surface area contributed by atoms with Crippen LogP contribution < -0.4 is 0 Å². The standard InChI is InChI=1S/C14H17F2N3O2/c1-8-9(2)21-10(3)12(8)13(20)18(4)7-11-17-5-6-19(11)14(15)16/h5-6,14H,7H2,1-4H3. The van der Waals surface area contributed by atoms with Crippen molar-refractivity contribution in [3.8, 4) is 0 Å². The van der Waals surface area contributed by atoms with Crippen molar-refractivity contribution in [3.63, 3.8) is 0 Å². The molecule has 0 aliphatic heterocycles. The van der Waals surface area contributed by atoms with Gasteiger partial charge in [0.1, 0.15) is 17.3 Å². The number of imidazole rings is 1. The van der Waals surface area contributed by atoms with Crippen LogP contribution in [0.5, 0.6) is 0 Å². The average Bonchev–Trinajstić information content (AvgIpc) is 2.95. The highest BCUT2D eigenvalue weighted by Crippen LogP contribution is 2.23. The normalized spacial score (nSPS) is 11.2. The smallest absolute Gasteiger partial charge is 0.319 e. The van der Waals surface area contributed by atoms with Crippen LogP contribution in [0.2, 0.25) is 0 Å². The zero-order valence-electron chi connectivity index (χ0n) is 12.4. The van der Waals surface area contributed by atoms with Crippen molar-refractivity contribution in [1.29, 1.82) is 0 Å². The van der Waals surface area contributed by atoms with Crippen LogP contribution in [0.3, 0.4) is 0 Å². The predicted molar refractivity (Wildman–Crippen MR) is 72.2 cm³/mol. The maximum Gasteiger partial charge on any atom is 0.319 e. The van der Waals surface area contributed by atoms with Gasteiger partial charge in [-0.3, -0.25) is 9.36 Å². The second kappa shape index (κ2) is 5.67. The Labute approximate surface area is 121 Å². The topological polar surface area (TPSA) is 51.3 Å². The lowest BCUT2D eigenvalue weighted by atomic mass is 10.1. The van der Waals surface area contributed by atoms with Gasteiger partial charge in [-0.2, -0.15) is 8.78 Å². The monoisotopic (exact) mass is 297 g/mol. The zero-order chi connectivity index (χ0) is 15.7. The highest BCUT2D eigenvalue weighted by molar-refractivity contribution is 5.96. The van der Waals surface area contributed by atoms with Crippen molar-refractivity contribution < 1.29 is 18.0 Å². The van der Waals surface area contributed by atoms with Crippen molar-refractivity contribution in [1.82, 2.24) is 14.5 Å². The van der Waals surface area contributed by atoms with E-state index in [2.05, 4.69) is 4.98 Å². The van der Waals surface area contributed by atoms with Gasteiger partial charge >= 0.3 is 6.55 Å². The number of hydrogen-bond acceptors (Lipinski definition) is 3. The molecule has 2 heterocycles. The minimum atomic E-state index is -2.68. The van der Waals surface area contributed by atoms with Gasteiger partial charge in [0.25, 0.3) is 5.91 Å². The second-order valence-electron chi connectivity index (χ2n) is 4.90. The van der Waals surface area contributed by atoms with Gasteiger partial charge in [-0.25, -0.2) is 4.98 Å². The number of carbonyl (C=O) groups excluding carboxylic acids is 1. The third kappa shape index (κ3) is 2.81. The molecule has 0 unspecified atom stereocenters. The largest absolute Gasteiger partial charge is 0.466 e. The van der Waals surface area contributed by atoms with Crippen molar-refractivity contribution in [2.24, 2.45) is 0 Å². The van der Waals surface area contributed by atoms with Crippen LogP contribution >= 0.6 is 0 Å². The zero-order valence-corrected chi connectivity index (χ0v) is 12.4. The van der Waals surface area contributed by atoms with Gasteiger partial charge in [0.2, 0.25) is 0 Å². The number of carbonyl (C=O) groups is 1. The Morgan fingerprint density at radius 3 is 2.57 bits per heavy atom. The molecule has 0 N–H and O–H groups in total. The number of nitrogens with zero attached hydrogens (tertiary/aromatic N) is 3. The summed E-state index contributed by atoms with van der Waals surface area (Å²) in [5, 5.41) is 0. The van der Waals surface area contributed by atoms with Crippen molar-refractivity contribution >= 4 is 5.91 Å².